The predicted molar refractivity (Wildman–Crippen MR) is 97.8 cm³/mol. The Hall–Kier alpha value is -3.22. The summed E-state index contributed by atoms with van der Waals surface area (Å²) in [5.41, 5.74) is 6.13. The van der Waals surface area contributed by atoms with Gasteiger partial charge >= 0.3 is 0 Å². The quantitative estimate of drug-likeness (QED) is 0.755. The maximum Gasteiger partial charge on any atom is 0.265 e. The molecule has 3 N–H and O–H groups in total. The summed E-state index contributed by atoms with van der Waals surface area (Å²) in [4.78, 5) is 23.9. The van der Waals surface area contributed by atoms with Gasteiger partial charge in [-0.3, -0.25) is 9.59 Å². The lowest BCUT2D eigenvalue weighted by atomic mass is 10.1. The molecule has 7 nitrogen and oxygen atoms in total. The van der Waals surface area contributed by atoms with Gasteiger partial charge in [0.05, 0.1) is 19.3 Å². The molecule has 7 heteroatoms. The Bertz CT molecular complexity index is 774. The summed E-state index contributed by atoms with van der Waals surface area (Å²) in [7, 11) is 1.49. The van der Waals surface area contributed by atoms with Crippen molar-refractivity contribution in [3.63, 3.8) is 0 Å². The number of amides is 2. The topological polar surface area (TPSA) is 99.9 Å². The molecule has 2 aromatic carbocycles. The maximum atomic E-state index is 12.3. The minimum atomic E-state index is -0.855. The molecule has 0 aliphatic heterocycles. The number of carbonyl (C=O) groups excluding carboxylic acids is 2. The molecule has 0 spiro atoms. The van der Waals surface area contributed by atoms with Gasteiger partial charge < -0.3 is 25.3 Å². The number of hydrogen-bond donors (Lipinski definition) is 2. The number of rotatable bonds is 8. The van der Waals surface area contributed by atoms with Crippen molar-refractivity contribution in [2.24, 2.45) is 5.73 Å². The van der Waals surface area contributed by atoms with Gasteiger partial charge in [0.25, 0.3) is 11.8 Å². The molecule has 2 aromatic rings. The highest BCUT2D eigenvalue weighted by molar-refractivity contribution is 5.97. The van der Waals surface area contributed by atoms with Gasteiger partial charge in [0.1, 0.15) is 17.2 Å². The van der Waals surface area contributed by atoms with Crippen LogP contribution in [0.4, 0.5) is 5.69 Å². The molecule has 0 saturated heterocycles. The fourth-order valence-corrected chi connectivity index (χ4v) is 2.22. The zero-order valence-corrected chi connectivity index (χ0v) is 14.9. The second-order valence-electron chi connectivity index (χ2n) is 5.43. The van der Waals surface area contributed by atoms with Crippen LogP contribution in [-0.4, -0.2) is 31.6 Å². The molecular formula is C19H22N2O5. The first-order valence-corrected chi connectivity index (χ1v) is 8.12. The first kappa shape index (κ1) is 19.1. The summed E-state index contributed by atoms with van der Waals surface area (Å²) in [6.07, 6.45) is -0.855. The predicted octanol–water partition coefficient (Wildman–Crippen LogP) is 2.60. The van der Waals surface area contributed by atoms with E-state index in [0.29, 0.717) is 18.0 Å². The van der Waals surface area contributed by atoms with Crippen molar-refractivity contribution in [2.75, 3.05) is 19.0 Å². The number of benzene rings is 2. The Kier molecular flexibility index (Phi) is 6.43. The van der Waals surface area contributed by atoms with Gasteiger partial charge in [-0.2, -0.15) is 0 Å². The molecule has 2 amide bonds. The summed E-state index contributed by atoms with van der Waals surface area (Å²) >= 11 is 0. The molecule has 2 rings (SSSR count). The molecule has 0 bridgehead atoms. The number of primary amides is 1. The van der Waals surface area contributed by atoms with Crippen LogP contribution in [0.2, 0.25) is 0 Å². The average molecular weight is 358 g/mol. The standard InChI is InChI=1S/C19H22N2O5/c1-4-25-14-7-5-13(6-8-14)21-19(23)12(2)26-17-11-15(24-3)9-10-16(17)18(20)22/h5-12H,4H2,1-3H3,(H2,20,22)(H,21,23). The number of carbonyl (C=O) groups is 2. The van der Waals surface area contributed by atoms with E-state index in [4.69, 9.17) is 19.9 Å². The molecule has 26 heavy (non-hydrogen) atoms. The van der Waals surface area contributed by atoms with Crippen molar-refractivity contribution < 1.29 is 23.8 Å². The summed E-state index contributed by atoms with van der Waals surface area (Å²) in [5.74, 6) is 0.377. The van der Waals surface area contributed by atoms with Crippen LogP contribution in [-0.2, 0) is 4.79 Å². The lowest BCUT2D eigenvalue weighted by Crippen LogP contribution is -2.31. The molecule has 1 unspecified atom stereocenters. The summed E-state index contributed by atoms with van der Waals surface area (Å²) in [6.45, 7) is 4.04. The molecule has 0 heterocycles. The molecule has 0 aromatic heterocycles. The SMILES string of the molecule is CCOc1ccc(NC(=O)C(C)Oc2cc(OC)ccc2C(N)=O)cc1. The first-order chi connectivity index (χ1) is 12.4. The number of hydrogen-bond acceptors (Lipinski definition) is 5. The summed E-state index contributed by atoms with van der Waals surface area (Å²) in [5, 5.41) is 2.74. The molecule has 0 saturated carbocycles. The Morgan fingerprint density at radius 1 is 1.12 bits per heavy atom. The lowest BCUT2D eigenvalue weighted by molar-refractivity contribution is -0.122. The third-order valence-corrected chi connectivity index (χ3v) is 3.56. The molecule has 0 aliphatic rings. The summed E-state index contributed by atoms with van der Waals surface area (Å²) in [6, 6.07) is 11.6. The molecular weight excluding hydrogens is 336 g/mol. The second-order valence-corrected chi connectivity index (χ2v) is 5.43. The lowest BCUT2D eigenvalue weighted by Gasteiger charge is -2.17. The number of methoxy groups -OCH3 is 1. The van der Waals surface area contributed by atoms with Crippen molar-refractivity contribution in [2.45, 2.75) is 20.0 Å². The van der Waals surface area contributed by atoms with Crippen molar-refractivity contribution in [3.05, 3.63) is 48.0 Å². The van der Waals surface area contributed by atoms with Gasteiger partial charge in [-0.25, -0.2) is 0 Å². The number of anilines is 1. The van der Waals surface area contributed by atoms with Crippen LogP contribution in [0.1, 0.15) is 24.2 Å². The van der Waals surface area contributed by atoms with Crippen LogP contribution < -0.4 is 25.3 Å². The zero-order valence-electron chi connectivity index (χ0n) is 14.9. The van der Waals surface area contributed by atoms with E-state index in [9.17, 15) is 9.59 Å². The number of ether oxygens (including phenoxy) is 3. The van der Waals surface area contributed by atoms with Crippen LogP contribution in [0.25, 0.3) is 0 Å². The van der Waals surface area contributed by atoms with Gasteiger partial charge in [0.15, 0.2) is 6.10 Å². The number of nitrogens with one attached hydrogen (secondary N) is 1. The van der Waals surface area contributed by atoms with Crippen LogP contribution in [0.15, 0.2) is 42.5 Å². The molecule has 0 aliphatic carbocycles. The second kappa shape index (κ2) is 8.75. The van der Waals surface area contributed by atoms with E-state index in [-0.39, 0.29) is 17.2 Å². The Morgan fingerprint density at radius 2 is 1.77 bits per heavy atom. The van der Waals surface area contributed by atoms with Gasteiger partial charge in [-0.05, 0) is 50.2 Å². The van der Waals surface area contributed by atoms with E-state index < -0.39 is 12.0 Å². The first-order valence-electron chi connectivity index (χ1n) is 8.12. The molecule has 1 atom stereocenters. The van der Waals surface area contributed by atoms with E-state index in [0.717, 1.165) is 5.75 Å². The van der Waals surface area contributed by atoms with Crippen LogP contribution in [0.5, 0.6) is 17.2 Å². The Labute approximate surface area is 152 Å². The largest absolute Gasteiger partial charge is 0.497 e. The number of nitrogens with two attached hydrogens (primary N) is 1. The smallest absolute Gasteiger partial charge is 0.265 e. The van der Waals surface area contributed by atoms with Crippen LogP contribution >= 0.6 is 0 Å². The van der Waals surface area contributed by atoms with Crippen LogP contribution in [0.3, 0.4) is 0 Å². The third-order valence-electron chi connectivity index (χ3n) is 3.56. The van der Waals surface area contributed by atoms with Crippen molar-refractivity contribution in [3.8, 4) is 17.2 Å². The summed E-state index contributed by atoms with van der Waals surface area (Å²) < 4.78 is 16.1. The maximum absolute atomic E-state index is 12.3. The molecule has 0 radical (unpaired) electrons. The van der Waals surface area contributed by atoms with Crippen molar-refractivity contribution in [1.82, 2.24) is 0 Å². The highest BCUT2D eigenvalue weighted by atomic mass is 16.5. The molecule has 138 valence electrons. The van der Waals surface area contributed by atoms with E-state index in [1.165, 1.54) is 19.2 Å². The van der Waals surface area contributed by atoms with Crippen LogP contribution in [0, 0.1) is 0 Å². The van der Waals surface area contributed by atoms with Gasteiger partial charge in [-0.15, -0.1) is 0 Å². The minimum Gasteiger partial charge on any atom is -0.497 e. The molecule has 0 fully saturated rings. The van der Waals surface area contributed by atoms with Gasteiger partial charge in [-0.1, -0.05) is 0 Å². The zero-order chi connectivity index (χ0) is 19.1. The van der Waals surface area contributed by atoms with E-state index in [2.05, 4.69) is 5.32 Å². The monoisotopic (exact) mass is 358 g/mol. The fraction of sp³-hybridized carbons (Fsp3) is 0.263. The van der Waals surface area contributed by atoms with E-state index >= 15 is 0 Å². The highest BCUT2D eigenvalue weighted by Gasteiger charge is 2.19. The minimum absolute atomic E-state index is 0.173. The van der Waals surface area contributed by atoms with E-state index in [1.54, 1.807) is 37.3 Å². The normalized spacial score (nSPS) is 11.3. The fourth-order valence-electron chi connectivity index (χ4n) is 2.22. The average Bonchev–Trinajstić information content (AvgIpc) is 2.63. The Balaban J connectivity index is 2.08. The van der Waals surface area contributed by atoms with Crippen molar-refractivity contribution >= 4 is 17.5 Å². The third kappa shape index (κ3) is 4.89. The van der Waals surface area contributed by atoms with E-state index in [1.807, 2.05) is 6.92 Å². The highest BCUT2D eigenvalue weighted by Crippen LogP contribution is 2.26. The van der Waals surface area contributed by atoms with Crippen molar-refractivity contribution in [1.29, 1.82) is 0 Å². The van der Waals surface area contributed by atoms with Gasteiger partial charge in [0.2, 0.25) is 0 Å². The Morgan fingerprint density at radius 3 is 2.35 bits per heavy atom. The van der Waals surface area contributed by atoms with Gasteiger partial charge in [0, 0.05) is 11.8 Å².